The minimum absolute atomic E-state index is 0.112. The summed E-state index contributed by atoms with van der Waals surface area (Å²) in [6.07, 6.45) is 1.49. The Bertz CT molecular complexity index is 535. The molecule has 6 nitrogen and oxygen atoms in total. The molecule has 1 heterocycles. The van der Waals surface area contributed by atoms with Crippen LogP contribution in [0.5, 0.6) is 0 Å². The first kappa shape index (κ1) is 14.2. The van der Waals surface area contributed by atoms with E-state index in [0.717, 1.165) is 12.5 Å². The predicted octanol–water partition coefficient (Wildman–Crippen LogP) is 2.43. The molecule has 0 spiro atoms. The summed E-state index contributed by atoms with van der Waals surface area (Å²) < 4.78 is 13.9. The molecule has 20 heavy (non-hydrogen) atoms. The first-order valence-electron chi connectivity index (χ1n) is 6.38. The Balaban J connectivity index is 2.03. The molecule has 108 valence electrons. The molecule has 1 aliphatic rings. The van der Waals surface area contributed by atoms with Crippen molar-refractivity contribution in [2.75, 3.05) is 18.0 Å². The number of benzene rings is 1. The van der Waals surface area contributed by atoms with E-state index in [0.29, 0.717) is 25.2 Å². The normalized spacial score (nSPS) is 18.2. The molecular weight excluding hydrogens is 267 g/mol. The van der Waals surface area contributed by atoms with Crippen LogP contribution in [0.1, 0.15) is 19.3 Å². The van der Waals surface area contributed by atoms with Gasteiger partial charge in [0.2, 0.25) is 0 Å². The Morgan fingerprint density at radius 1 is 1.55 bits per heavy atom. The number of carbonyl (C=O) groups is 1. The van der Waals surface area contributed by atoms with Crippen molar-refractivity contribution >= 4 is 17.3 Å². The number of nitrogens with zero attached hydrogens (tertiary/aromatic N) is 2. The fourth-order valence-corrected chi connectivity index (χ4v) is 2.48. The molecule has 1 aromatic rings. The van der Waals surface area contributed by atoms with Crippen LogP contribution < -0.4 is 4.90 Å². The van der Waals surface area contributed by atoms with Crippen molar-refractivity contribution in [2.24, 2.45) is 5.92 Å². The maximum Gasteiger partial charge on any atom is 0.303 e. The number of non-ortho nitro benzene ring substituents is 1. The van der Waals surface area contributed by atoms with Gasteiger partial charge in [0.05, 0.1) is 16.7 Å². The summed E-state index contributed by atoms with van der Waals surface area (Å²) in [5, 5.41) is 19.2. The summed E-state index contributed by atoms with van der Waals surface area (Å²) >= 11 is 0. The van der Waals surface area contributed by atoms with Gasteiger partial charge in [0.15, 0.2) is 5.82 Å². The highest BCUT2D eigenvalue weighted by Crippen LogP contribution is 2.30. The number of nitro groups is 1. The molecule has 7 heteroatoms. The van der Waals surface area contributed by atoms with Crippen LogP contribution in [0.3, 0.4) is 0 Å². The van der Waals surface area contributed by atoms with Crippen LogP contribution in [-0.2, 0) is 4.79 Å². The average Bonchev–Trinajstić information content (AvgIpc) is 2.84. The summed E-state index contributed by atoms with van der Waals surface area (Å²) in [6, 6.07) is 3.61. The summed E-state index contributed by atoms with van der Waals surface area (Å²) in [7, 11) is 0. The van der Waals surface area contributed by atoms with E-state index in [-0.39, 0.29) is 18.0 Å². The topological polar surface area (TPSA) is 83.7 Å². The van der Waals surface area contributed by atoms with Crippen LogP contribution in [-0.4, -0.2) is 29.1 Å². The van der Waals surface area contributed by atoms with Gasteiger partial charge in [0, 0.05) is 25.6 Å². The van der Waals surface area contributed by atoms with E-state index in [1.165, 1.54) is 12.1 Å². The van der Waals surface area contributed by atoms with Crippen molar-refractivity contribution in [1.29, 1.82) is 0 Å². The molecule has 0 aromatic heterocycles. The number of hydrogen-bond donors (Lipinski definition) is 1. The maximum absolute atomic E-state index is 13.9. The number of halogens is 1. The fourth-order valence-electron chi connectivity index (χ4n) is 2.48. The zero-order valence-corrected chi connectivity index (χ0v) is 10.8. The summed E-state index contributed by atoms with van der Waals surface area (Å²) in [5.41, 5.74) is 0.0706. The number of carboxylic acid groups (broad SMARTS) is 1. The smallest absolute Gasteiger partial charge is 0.303 e. The number of aliphatic carboxylic acids is 1. The van der Waals surface area contributed by atoms with Crippen molar-refractivity contribution in [2.45, 2.75) is 19.3 Å². The zero-order chi connectivity index (χ0) is 14.7. The number of hydrogen-bond acceptors (Lipinski definition) is 4. The van der Waals surface area contributed by atoms with Gasteiger partial charge in [-0.15, -0.1) is 0 Å². The number of anilines is 1. The standard InChI is InChI=1S/C13H15FN2O4/c14-11-7-10(16(19)20)2-3-12(11)15-6-5-9(8-15)1-4-13(17)18/h2-3,7,9H,1,4-6,8H2,(H,17,18). The molecule has 1 saturated heterocycles. The zero-order valence-electron chi connectivity index (χ0n) is 10.8. The van der Waals surface area contributed by atoms with Crippen LogP contribution >= 0.6 is 0 Å². The van der Waals surface area contributed by atoms with E-state index < -0.39 is 16.7 Å². The van der Waals surface area contributed by atoms with Gasteiger partial charge in [-0.3, -0.25) is 14.9 Å². The molecule has 0 saturated carbocycles. The summed E-state index contributed by atoms with van der Waals surface area (Å²) in [6.45, 7) is 1.22. The van der Waals surface area contributed by atoms with Crippen LogP contribution in [0.15, 0.2) is 18.2 Å². The van der Waals surface area contributed by atoms with E-state index in [9.17, 15) is 19.3 Å². The van der Waals surface area contributed by atoms with Crippen molar-refractivity contribution < 1.29 is 19.2 Å². The van der Waals surface area contributed by atoms with Crippen LogP contribution in [0, 0.1) is 21.8 Å². The Hall–Kier alpha value is -2.18. The van der Waals surface area contributed by atoms with Gasteiger partial charge in [0.25, 0.3) is 5.69 Å². The van der Waals surface area contributed by atoms with Crippen LogP contribution in [0.25, 0.3) is 0 Å². The van der Waals surface area contributed by atoms with Crippen molar-refractivity contribution in [3.63, 3.8) is 0 Å². The molecule has 0 amide bonds. The molecule has 0 bridgehead atoms. The lowest BCUT2D eigenvalue weighted by atomic mass is 10.0. The van der Waals surface area contributed by atoms with Crippen molar-refractivity contribution in [3.05, 3.63) is 34.1 Å². The largest absolute Gasteiger partial charge is 0.481 e. The van der Waals surface area contributed by atoms with Gasteiger partial charge < -0.3 is 10.0 Å². The average molecular weight is 282 g/mol. The van der Waals surface area contributed by atoms with Crippen molar-refractivity contribution in [3.8, 4) is 0 Å². The first-order chi connectivity index (χ1) is 9.47. The molecule has 0 radical (unpaired) electrons. The highest BCUT2D eigenvalue weighted by molar-refractivity contribution is 5.66. The first-order valence-corrected chi connectivity index (χ1v) is 6.38. The molecule has 1 N–H and O–H groups in total. The molecule has 1 aliphatic heterocycles. The lowest BCUT2D eigenvalue weighted by Crippen LogP contribution is -2.21. The number of rotatable bonds is 5. The van der Waals surface area contributed by atoms with E-state index >= 15 is 0 Å². The van der Waals surface area contributed by atoms with Gasteiger partial charge in [-0.1, -0.05) is 0 Å². The third kappa shape index (κ3) is 3.23. The third-order valence-electron chi connectivity index (χ3n) is 3.54. The Morgan fingerprint density at radius 3 is 2.90 bits per heavy atom. The van der Waals surface area contributed by atoms with Crippen molar-refractivity contribution in [1.82, 2.24) is 0 Å². The van der Waals surface area contributed by atoms with Gasteiger partial charge in [0.1, 0.15) is 0 Å². The quantitative estimate of drug-likeness (QED) is 0.662. The van der Waals surface area contributed by atoms with E-state index in [1.54, 1.807) is 0 Å². The van der Waals surface area contributed by atoms with Crippen LogP contribution in [0.4, 0.5) is 15.8 Å². The minimum atomic E-state index is -0.829. The monoisotopic (exact) mass is 282 g/mol. The lowest BCUT2D eigenvalue weighted by molar-refractivity contribution is -0.385. The van der Waals surface area contributed by atoms with Crippen LogP contribution in [0.2, 0.25) is 0 Å². The molecule has 1 unspecified atom stereocenters. The van der Waals surface area contributed by atoms with Gasteiger partial charge >= 0.3 is 5.97 Å². The second-order valence-corrected chi connectivity index (χ2v) is 4.93. The molecule has 1 fully saturated rings. The second kappa shape index (κ2) is 5.85. The van der Waals surface area contributed by atoms with Gasteiger partial charge in [-0.25, -0.2) is 4.39 Å². The highest BCUT2D eigenvalue weighted by atomic mass is 19.1. The number of nitro benzene ring substituents is 1. The molecule has 2 rings (SSSR count). The Labute approximate surface area is 115 Å². The van der Waals surface area contributed by atoms with E-state index in [1.807, 2.05) is 4.90 Å². The predicted molar refractivity (Wildman–Crippen MR) is 70.2 cm³/mol. The maximum atomic E-state index is 13.9. The highest BCUT2D eigenvalue weighted by Gasteiger charge is 2.25. The molecular formula is C13H15FN2O4. The SMILES string of the molecule is O=C(O)CCC1CCN(c2ccc([N+](=O)[O-])cc2F)C1. The van der Waals surface area contributed by atoms with Gasteiger partial charge in [-0.05, 0) is 24.8 Å². The summed E-state index contributed by atoms with van der Waals surface area (Å²) in [5.74, 6) is -1.22. The molecule has 1 atom stereocenters. The van der Waals surface area contributed by atoms with Gasteiger partial charge in [-0.2, -0.15) is 0 Å². The minimum Gasteiger partial charge on any atom is -0.481 e. The van der Waals surface area contributed by atoms with E-state index in [2.05, 4.69) is 0 Å². The van der Waals surface area contributed by atoms with E-state index in [4.69, 9.17) is 5.11 Å². The summed E-state index contributed by atoms with van der Waals surface area (Å²) in [4.78, 5) is 22.3. The Morgan fingerprint density at radius 2 is 2.30 bits per heavy atom. The molecule has 1 aromatic carbocycles. The third-order valence-corrected chi connectivity index (χ3v) is 3.54. The molecule has 0 aliphatic carbocycles. The lowest BCUT2D eigenvalue weighted by Gasteiger charge is -2.19. The fraction of sp³-hybridized carbons (Fsp3) is 0.462. The second-order valence-electron chi connectivity index (χ2n) is 4.93. The number of carboxylic acids is 1. The Kier molecular flexibility index (Phi) is 4.16.